The molecule has 22 aliphatic rings. The van der Waals surface area contributed by atoms with Crippen LogP contribution in [0.25, 0.3) is 0 Å². The molecule has 22 saturated heterocycles. The fourth-order valence-electron chi connectivity index (χ4n) is 10.5. The van der Waals surface area contributed by atoms with Crippen molar-refractivity contribution < 1.29 is 153 Å². The first-order chi connectivity index (χ1) is 39.7. The molecule has 22 aliphatic heterocycles. The first kappa shape index (κ1) is 63.6. The Morgan fingerprint density at radius 3 is 0.831 bits per heavy atom. The number of nitrogens with zero attached hydrogens (tertiary/aromatic N) is 2. The maximum Gasteiger partial charge on any atom is 0.338 e. The van der Waals surface area contributed by atoms with Crippen LogP contribution in [0.2, 0.25) is 0 Å². The second-order valence-corrected chi connectivity index (χ2v) is 20.6. The minimum absolute atomic E-state index is 0.0543. The second kappa shape index (κ2) is 27.5. The molecule has 0 amide bonds. The Bertz CT molecular complexity index is 2410. The quantitative estimate of drug-likeness (QED) is 0.0597. The van der Waals surface area contributed by atoms with Crippen molar-refractivity contribution in [3.63, 3.8) is 0 Å². The van der Waals surface area contributed by atoms with Crippen LogP contribution in [0.1, 0.15) is 10.4 Å². The zero-order valence-electron chi connectivity index (χ0n) is 43.5. The molecule has 0 aromatic heterocycles. The number of aliphatic hydroxyl groups excluding tert-OH is 17. The van der Waals surface area contributed by atoms with E-state index < -0.39 is 230 Å². The van der Waals surface area contributed by atoms with Crippen molar-refractivity contribution in [2.75, 3.05) is 45.4 Å². The summed E-state index contributed by atoms with van der Waals surface area (Å²) in [5.74, 6) is -1.01. The molecule has 34 heteroatoms. The SMILES string of the molecule is Nc1ccc(N=Nc2ccc(C(=O)OC[C@H]3O[C@@H]4O[C@H]5[C@H](O)[C@@H](O)[C@@H](O[C@H]6[C@H](O)[C@@H](O)[C@@H](O[C@H]7[C@H](O)[C@@H](O)[C@@H](O[C@H]8[C@H](O)[C@@H](O)[C@@H](O[C@H]9[C@H](O)[C@@H](O)[C@@H](O[C@H]3[C@H](O)[C@H]4O)O[C@@H]9CO)O[C@@H]8CO)O[C@@H]7CO)O[C@@H]6CO)O[C@@H]5CO)cc2)cc1. The number of ether oxygens (including phenoxy) is 13. The third-order valence-electron chi connectivity index (χ3n) is 15.1. The van der Waals surface area contributed by atoms with Crippen molar-refractivity contribution in [1.82, 2.24) is 0 Å². The van der Waals surface area contributed by atoms with Crippen LogP contribution < -0.4 is 5.73 Å². The van der Waals surface area contributed by atoms with Crippen LogP contribution in [0.4, 0.5) is 17.1 Å². The molecule has 0 saturated carbocycles. The average Bonchev–Trinajstić information content (AvgIpc) is 3.66. The third-order valence-corrected chi connectivity index (χ3v) is 15.1. The number of carbonyl (C=O) groups is 1. The third kappa shape index (κ3) is 13.4. The fraction of sp³-hybridized carbons (Fsp3) is 0.735. The van der Waals surface area contributed by atoms with Crippen LogP contribution in [0.15, 0.2) is 58.8 Å². The molecule has 12 bridgehead atoms. The van der Waals surface area contributed by atoms with Crippen molar-refractivity contribution in [1.29, 1.82) is 0 Å². The number of carbonyl (C=O) groups excluding carboxylic acids is 1. The van der Waals surface area contributed by atoms with Gasteiger partial charge in [-0.1, -0.05) is 0 Å². The van der Waals surface area contributed by atoms with E-state index in [9.17, 15) is 91.6 Å². The van der Waals surface area contributed by atoms with Crippen LogP contribution in [0.5, 0.6) is 0 Å². The normalized spacial score (nSPS) is 46.4. The van der Waals surface area contributed by atoms with Gasteiger partial charge >= 0.3 is 5.97 Å². The average molecular weight is 1200 g/mol. The largest absolute Gasteiger partial charge is 0.459 e. The lowest BCUT2D eigenvalue weighted by Gasteiger charge is -2.50. The summed E-state index contributed by atoms with van der Waals surface area (Å²) in [6, 6.07) is 12.0. The van der Waals surface area contributed by atoms with E-state index in [0.717, 1.165) is 0 Å². The summed E-state index contributed by atoms with van der Waals surface area (Å²) in [6.07, 6.45) is -60.5. The Morgan fingerprint density at radius 1 is 0.349 bits per heavy atom. The van der Waals surface area contributed by atoms with Crippen LogP contribution in [-0.4, -0.2) is 317 Å². The van der Waals surface area contributed by atoms with E-state index in [1.165, 1.54) is 24.3 Å². The molecule has 24 rings (SSSR count). The standard InChI is InChI=1S/C49H69N3O31/c50-16-3-7-18(8-4-16)52-51-17-5-1-15(2-6-17)43(70)71-14-24-42-30(63)36(69)49(77-24)82-41-23(13-57)75-47(34(67)28(41)61)80-39-21(11-55)73-45(32(65)26(39)59)78-37-19(9-53)72-44(31(64)25(37)58)79-38-20(10-54)74-46(33(66)27(38)60)81-40-22(12-56)76-48(83-42)35(68)29(40)62/h1-8,19-42,44-49,53-69H,9-14,50H2/t19-,20-,21-,22-,23-,24-,25-,26-,27-,28-,29-,30-,31-,32-,33-,34-,35-,36-,37-,38-,39-,40-,41-,42-,44-,45-,46-,47-,48-,49-/m1/s1. The fourth-order valence-corrected chi connectivity index (χ4v) is 10.5. The van der Waals surface area contributed by atoms with E-state index in [1.807, 2.05) is 0 Å². The molecular weight excluding hydrogens is 1130 g/mol. The number of azo groups is 1. The molecule has 22 fully saturated rings. The van der Waals surface area contributed by atoms with Crippen LogP contribution in [0.3, 0.4) is 0 Å². The summed E-state index contributed by atoms with van der Waals surface area (Å²) in [7, 11) is 0. The maximum absolute atomic E-state index is 13.6. The van der Waals surface area contributed by atoms with Gasteiger partial charge in [0.1, 0.15) is 153 Å². The molecular formula is C49H69N3O31. The molecule has 0 unspecified atom stereocenters. The predicted molar refractivity (Wildman–Crippen MR) is 260 cm³/mol. The predicted octanol–water partition coefficient (Wildman–Crippen LogP) is -9.19. The summed E-state index contributed by atoms with van der Waals surface area (Å²) in [5.41, 5.74) is 6.98. The van der Waals surface area contributed by atoms with Gasteiger partial charge in [0.25, 0.3) is 0 Å². The van der Waals surface area contributed by atoms with Gasteiger partial charge in [-0.3, -0.25) is 0 Å². The molecule has 2 aromatic rings. The number of aliphatic hydroxyl groups is 17. The number of esters is 1. The molecule has 30 atom stereocenters. The molecule has 22 heterocycles. The molecule has 0 radical (unpaired) electrons. The highest BCUT2D eigenvalue weighted by Crippen LogP contribution is 2.38. The minimum atomic E-state index is -2.26. The Balaban J connectivity index is 1.00. The van der Waals surface area contributed by atoms with Crippen molar-refractivity contribution in [2.24, 2.45) is 10.2 Å². The Kier molecular flexibility index (Phi) is 21.1. The van der Waals surface area contributed by atoms with E-state index in [4.69, 9.17) is 67.3 Å². The topological polar surface area (TPSA) is 532 Å². The zero-order valence-corrected chi connectivity index (χ0v) is 43.5. The molecule has 2 aromatic carbocycles. The molecule has 34 nitrogen and oxygen atoms in total. The summed E-state index contributed by atoms with van der Waals surface area (Å²) in [5, 5.41) is 198. The monoisotopic (exact) mass is 1200 g/mol. The van der Waals surface area contributed by atoms with Gasteiger partial charge in [0.15, 0.2) is 37.7 Å². The van der Waals surface area contributed by atoms with Crippen LogP contribution >= 0.6 is 0 Å². The van der Waals surface area contributed by atoms with Gasteiger partial charge in [-0.25, -0.2) is 4.79 Å². The van der Waals surface area contributed by atoms with Gasteiger partial charge in [-0.15, -0.1) is 0 Å². The van der Waals surface area contributed by atoms with E-state index >= 15 is 0 Å². The maximum atomic E-state index is 13.6. The van der Waals surface area contributed by atoms with Crippen molar-refractivity contribution in [3.05, 3.63) is 54.1 Å². The second-order valence-electron chi connectivity index (χ2n) is 20.6. The zero-order chi connectivity index (χ0) is 59.7. The van der Waals surface area contributed by atoms with Crippen LogP contribution in [-0.2, 0) is 61.6 Å². The number of nitrogen functional groups attached to an aromatic ring is 1. The van der Waals surface area contributed by atoms with Gasteiger partial charge in [0.2, 0.25) is 0 Å². The highest BCUT2D eigenvalue weighted by molar-refractivity contribution is 5.89. The van der Waals surface area contributed by atoms with Gasteiger partial charge in [0, 0.05) is 5.69 Å². The number of benzene rings is 2. The number of rotatable bonds is 10. The first-order valence-electron chi connectivity index (χ1n) is 26.3. The molecule has 83 heavy (non-hydrogen) atoms. The van der Waals surface area contributed by atoms with Gasteiger partial charge in [0.05, 0.1) is 50.0 Å². The first-order valence-corrected chi connectivity index (χ1v) is 26.3. The van der Waals surface area contributed by atoms with Crippen molar-refractivity contribution >= 4 is 23.0 Å². The van der Waals surface area contributed by atoms with Crippen LogP contribution in [0, 0.1) is 0 Å². The smallest absolute Gasteiger partial charge is 0.338 e. The lowest BCUT2D eigenvalue weighted by Crippen LogP contribution is -2.69. The van der Waals surface area contributed by atoms with Crippen molar-refractivity contribution in [2.45, 2.75) is 184 Å². The summed E-state index contributed by atoms with van der Waals surface area (Å²) >= 11 is 0. The van der Waals surface area contributed by atoms with E-state index in [0.29, 0.717) is 17.1 Å². The molecule has 19 N–H and O–H groups in total. The highest BCUT2D eigenvalue weighted by Gasteiger charge is 2.59. The molecule has 0 aliphatic carbocycles. The summed E-state index contributed by atoms with van der Waals surface area (Å²) < 4.78 is 75.0. The number of hydrogen-bond donors (Lipinski definition) is 18. The minimum Gasteiger partial charge on any atom is -0.459 e. The Labute approximate surface area is 469 Å². The Morgan fingerprint density at radius 2 is 0.578 bits per heavy atom. The van der Waals surface area contributed by atoms with Gasteiger partial charge in [-0.05, 0) is 48.5 Å². The summed E-state index contributed by atoms with van der Waals surface area (Å²) in [4.78, 5) is 13.6. The lowest BCUT2D eigenvalue weighted by molar-refractivity contribution is -0.404. The number of nitrogens with two attached hydrogens (primary N) is 1. The molecule has 0 spiro atoms. The number of anilines is 1. The number of hydrogen-bond acceptors (Lipinski definition) is 34. The molecule has 466 valence electrons. The van der Waals surface area contributed by atoms with Crippen molar-refractivity contribution in [3.8, 4) is 0 Å². The Hall–Kier alpha value is -3.85. The van der Waals surface area contributed by atoms with Gasteiger partial charge in [-0.2, -0.15) is 10.2 Å². The highest BCUT2D eigenvalue weighted by atomic mass is 16.8. The van der Waals surface area contributed by atoms with E-state index in [2.05, 4.69) is 10.2 Å². The van der Waals surface area contributed by atoms with E-state index in [1.54, 1.807) is 24.3 Å². The lowest BCUT2D eigenvalue weighted by atomic mass is 9.94. The summed E-state index contributed by atoms with van der Waals surface area (Å²) in [6.45, 7) is -6.08. The van der Waals surface area contributed by atoms with E-state index in [-0.39, 0.29) is 5.56 Å². The van der Waals surface area contributed by atoms with Gasteiger partial charge < -0.3 is 154 Å².